The monoisotopic (exact) mass is 887 g/mol. The van der Waals surface area contributed by atoms with E-state index in [2.05, 4.69) is 25.0 Å². The van der Waals surface area contributed by atoms with Crippen molar-refractivity contribution in [2.45, 2.75) is 62.1 Å². The maximum atomic E-state index is 13.8. The Morgan fingerprint density at radius 2 is 1.40 bits per heavy atom. The van der Waals surface area contributed by atoms with Crippen LogP contribution in [-0.2, 0) is 25.8 Å². The molecule has 0 radical (unpaired) electrons. The maximum absolute atomic E-state index is 13.8. The number of aromatic nitrogens is 1. The van der Waals surface area contributed by atoms with Crippen molar-refractivity contribution in [3.63, 3.8) is 0 Å². The van der Waals surface area contributed by atoms with Crippen LogP contribution < -0.4 is 20.0 Å². The number of alkyl halides is 3. The first-order chi connectivity index (χ1) is 30.1. The van der Waals surface area contributed by atoms with E-state index in [4.69, 9.17) is 5.26 Å². The lowest BCUT2D eigenvalue weighted by atomic mass is 9.78. The molecule has 19 heteroatoms. The van der Waals surface area contributed by atoms with Crippen LogP contribution in [-0.4, -0.2) is 129 Å². The van der Waals surface area contributed by atoms with E-state index in [1.807, 2.05) is 23.1 Å². The summed E-state index contributed by atoms with van der Waals surface area (Å²) < 4.78 is 69.8. The summed E-state index contributed by atoms with van der Waals surface area (Å²) in [6.07, 6.45) is 0.670. The molecule has 0 aliphatic carbocycles. The second-order valence-electron chi connectivity index (χ2n) is 17.7. The van der Waals surface area contributed by atoms with Crippen molar-refractivity contribution in [3.8, 4) is 6.07 Å². The highest BCUT2D eigenvalue weighted by molar-refractivity contribution is 7.89. The van der Waals surface area contributed by atoms with Crippen LogP contribution in [0.15, 0.2) is 59.6 Å². The number of fused-ring (bicyclic) bond motifs is 1. The number of piperidine rings is 3. The quantitative estimate of drug-likeness (QED) is 0.322. The number of sulfonamides is 1. The van der Waals surface area contributed by atoms with E-state index in [-0.39, 0.29) is 34.3 Å². The van der Waals surface area contributed by atoms with Crippen molar-refractivity contribution in [1.82, 2.24) is 24.4 Å². The number of imide groups is 2. The Balaban J connectivity index is 0.730. The van der Waals surface area contributed by atoms with Crippen molar-refractivity contribution in [1.29, 1.82) is 5.26 Å². The third-order valence-corrected chi connectivity index (χ3v) is 15.9. The Labute approximate surface area is 363 Å². The van der Waals surface area contributed by atoms with Gasteiger partial charge in [0.05, 0.1) is 33.5 Å². The third kappa shape index (κ3) is 8.24. The predicted octanol–water partition coefficient (Wildman–Crippen LogP) is 4.09. The van der Waals surface area contributed by atoms with Crippen LogP contribution in [0.5, 0.6) is 0 Å². The second kappa shape index (κ2) is 16.5. The van der Waals surface area contributed by atoms with E-state index in [9.17, 15) is 40.8 Å². The number of amides is 4. The fraction of sp³-hybridized carbons (Fsp3) is 0.500. The van der Waals surface area contributed by atoms with Gasteiger partial charge in [-0.15, -0.1) is 0 Å². The van der Waals surface area contributed by atoms with Gasteiger partial charge in [0.15, 0.2) is 5.69 Å². The standard InChI is InChI=1S/C44H48F3N9O6S/c45-44(46,47)36-24-32(26-49-37(36)25-48)53-16-11-43(12-17-53)13-18-55(28-43)63(61,62)33-4-1-30(2-5-33)54-21-19-51(20-22-54)27-29-9-14-52(15-10-29)31-3-6-34-35(23-31)42(60)56(41(34)59)38-7-8-39(57)50-40(38)58/h1-6,23-24,26,29,38H,7-22,27-28H2,(H,50,57,58). The maximum Gasteiger partial charge on any atom is 0.419 e. The van der Waals surface area contributed by atoms with E-state index in [0.29, 0.717) is 57.0 Å². The van der Waals surface area contributed by atoms with Gasteiger partial charge in [0.25, 0.3) is 11.8 Å². The zero-order valence-corrected chi connectivity index (χ0v) is 35.5. The first-order valence-corrected chi connectivity index (χ1v) is 23.0. The molecule has 1 atom stereocenters. The average Bonchev–Trinajstić information content (AvgIpc) is 3.81. The van der Waals surface area contributed by atoms with Crippen LogP contribution in [0.25, 0.3) is 0 Å². The summed E-state index contributed by atoms with van der Waals surface area (Å²) in [6, 6.07) is 13.9. The number of carbonyl (C=O) groups is 4. The molecule has 1 unspecified atom stereocenters. The van der Waals surface area contributed by atoms with Crippen LogP contribution in [0.2, 0.25) is 0 Å². The van der Waals surface area contributed by atoms with Crippen molar-refractivity contribution < 1.29 is 40.8 Å². The molecule has 7 heterocycles. The molecule has 63 heavy (non-hydrogen) atoms. The minimum atomic E-state index is -4.69. The molecule has 5 saturated heterocycles. The summed E-state index contributed by atoms with van der Waals surface area (Å²) in [5, 5.41) is 11.3. The Bertz CT molecular complexity index is 2470. The number of pyridine rings is 1. The van der Waals surface area contributed by atoms with Crippen LogP contribution in [0, 0.1) is 22.7 Å². The summed E-state index contributed by atoms with van der Waals surface area (Å²) in [6.45, 7) is 7.62. The highest BCUT2D eigenvalue weighted by atomic mass is 32.2. The Morgan fingerprint density at radius 3 is 2.06 bits per heavy atom. The van der Waals surface area contributed by atoms with E-state index >= 15 is 0 Å². The van der Waals surface area contributed by atoms with Crippen molar-refractivity contribution >= 4 is 50.7 Å². The number of piperazine rings is 1. The van der Waals surface area contributed by atoms with E-state index in [0.717, 1.165) is 81.0 Å². The lowest BCUT2D eigenvalue weighted by Gasteiger charge is -2.40. The number of nitrogens with zero attached hydrogens (tertiary/aromatic N) is 8. The van der Waals surface area contributed by atoms with Gasteiger partial charge in [0, 0.05) is 89.8 Å². The molecule has 1 aromatic heterocycles. The van der Waals surface area contributed by atoms with Crippen LogP contribution >= 0.6 is 0 Å². The van der Waals surface area contributed by atoms with E-state index in [1.54, 1.807) is 28.6 Å². The first-order valence-electron chi connectivity index (χ1n) is 21.5. The summed E-state index contributed by atoms with van der Waals surface area (Å²) in [5.41, 5.74) is 0.714. The van der Waals surface area contributed by atoms with Crippen LogP contribution in [0.4, 0.5) is 30.2 Å². The van der Waals surface area contributed by atoms with Gasteiger partial charge < -0.3 is 14.7 Å². The molecular weight excluding hydrogens is 840 g/mol. The lowest BCUT2D eigenvalue weighted by Crippen LogP contribution is -2.54. The average molecular weight is 888 g/mol. The summed E-state index contributed by atoms with van der Waals surface area (Å²) in [5.74, 6) is -1.55. The number of anilines is 3. The molecular formula is C44H48F3N9O6S. The van der Waals surface area contributed by atoms with Crippen LogP contribution in [0.3, 0.4) is 0 Å². The Hall–Kier alpha value is -5.58. The number of halogens is 3. The number of benzene rings is 2. The topological polar surface area (TPSA) is 171 Å². The Morgan fingerprint density at radius 1 is 0.762 bits per heavy atom. The smallest absolute Gasteiger partial charge is 0.371 e. The molecule has 0 bridgehead atoms. The number of hydrogen-bond acceptors (Lipinski definition) is 12. The molecule has 1 spiro atoms. The zero-order valence-electron chi connectivity index (χ0n) is 34.6. The van der Waals surface area contributed by atoms with Gasteiger partial charge >= 0.3 is 6.18 Å². The summed E-state index contributed by atoms with van der Waals surface area (Å²) >= 11 is 0. The minimum Gasteiger partial charge on any atom is -0.371 e. The van der Waals surface area contributed by atoms with Gasteiger partial charge in [-0.2, -0.15) is 22.7 Å². The number of nitrogens with one attached hydrogen (secondary N) is 1. The molecule has 0 saturated carbocycles. The van der Waals surface area contributed by atoms with Gasteiger partial charge in [-0.05, 0) is 98.4 Å². The number of nitriles is 1. The van der Waals surface area contributed by atoms with Crippen molar-refractivity contribution in [2.24, 2.45) is 11.3 Å². The molecule has 6 aliphatic rings. The molecule has 332 valence electrons. The highest BCUT2D eigenvalue weighted by Gasteiger charge is 2.46. The number of hydrogen-bond donors (Lipinski definition) is 1. The minimum absolute atomic E-state index is 0.0721. The highest BCUT2D eigenvalue weighted by Crippen LogP contribution is 2.44. The Kier molecular flexibility index (Phi) is 11.2. The van der Waals surface area contributed by atoms with E-state index < -0.39 is 57.1 Å². The van der Waals surface area contributed by atoms with E-state index in [1.165, 1.54) is 12.3 Å². The largest absolute Gasteiger partial charge is 0.419 e. The SMILES string of the molecule is N#Cc1ncc(N2CCC3(CC2)CCN(S(=O)(=O)c2ccc(N4CCN(CC5CCN(c6ccc7c(c6)C(=O)N(C6CCC(=O)NC6=O)C7=O)CC5)CC4)cc2)C3)cc1C(F)(F)F. The van der Waals surface area contributed by atoms with Gasteiger partial charge in [-0.3, -0.25) is 34.3 Å². The van der Waals surface area contributed by atoms with Gasteiger partial charge in [0.1, 0.15) is 12.1 Å². The molecule has 1 N–H and O–H groups in total. The predicted molar refractivity (Wildman–Crippen MR) is 224 cm³/mol. The molecule has 3 aromatic rings. The van der Waals surface area contributed by atoms with Gasteiger partial charge in [-0.1, -0.05) is 0 Å². The molecule has 4 amide bonds. The number of rotatable bonds is 8. The number of carbonyl (C=O) groups excluding carboxylic acids is 4. The molecule has 6 aliphatic heterocycles. The van der Waals surface area contributed by atoms with Gasteiger partial charge in [-0.25, -0.2) is 13.4 Å². The molecule has 9 rings (SSSR count). The zero-order chi connectivity index (χ0) is 44.3. The van der Waals surface area contributed by atoms with Gasteiger partial charge in [0.2, 0.25) is 21.8 Å². The normalized spacial score (nSPS) is 22.8. The molecule has 15 nitrogen and oxygen atoms in total. The second-order valence-corrected chi connectivity index (χ2v) is 19.6. The summed E-state index contributed by atoms with van der Waals surface area (Å²) in [7, 11) is -3.75. The molecule has 5 fully saturated rings. The third-order valence-electron chi connectivity index (χ3n) is 14.0. The fourth-order valence-electron chi connectivity index (χ4n) is 10.2. The summed E-state index contributed by atoms with van der Waals surface area (Å²) in [4.78, 5) is 64.3. The molecule has 2 aromatic carbocycles. The first kappa shape index (κ1) is 42.7. The van der Waals surface area contributed by atoms with Crippen molar-refractivity contribution in [3.05, 3.63) is 77.1 Å². The fourth-order valence-corrected chi connectivity index (χ4v) is 11.8. The van der Waals surface area contributed by atoms with Crippen LogP contribution in [0.1, 0.15) is 76.9 Å². The van der Waals surface area contributed by atoms with Crippen molar-refractivity contribution in [2.75, 3.05) is 86.7 Å². The lowest BCUT2D eigenvalue weighted by molar-refractivity contribution is -0.138.